The molecule has 35 heavy (non-hydrogen) atoms. The number of ether oxygens (including phenoxy) is 1. The van der Waals surface area contributed by atoms with Crippen molar-refractivity contribution in [2.45, 2.75) is 77.0 Å². The number of rotatable bonds is 13. The highest BCUT2D eigenvalue weighted by atomic mass is 19.1. The lowest BCUT2D eigenvalue weighted by Crippen LogP contribution is -2.39. The summed E-state index contributed by atoms with van der Waals surface area (Å²) in [7, 11) is 0. The summed E-state index contributed by atoms with van der Waals surface area (Å²) in [5.41, 5.74) is 2.88. The fraction of sp³-hybridized carbons (Fsp3) is 0.536. The van der Waals surface area contributed by atoms with E-state index in [0.717, 1.165) is 36.9 Å². The maximum Gasteiger partial charge on any atom is 0.303 e. The number of halogens is 2. The number of carboxylic acids is 1. The molecule has 1 saturated heterocycles. The van der Waals surface area contributed by atoms with Gasteiger partial charge in [-0.25, -0.2) is 8.78 Å². The van der Waals surface area contributed by atoms with Gasteiger partial charge >= 0.3 is 5.97 Å². The molecule has 7 heteroatoms. The minimum atomic E-state index is -0.851. The molecule has 192 valence electrons. The summed E-state index contributed by atoms with van der Waals surface area (Å²) in [5.74, 6) is -1.36. The Morgan fingerprint density at radius 1 is 1.20 bits per heavy atom. The standard InChI is InChI=1S/C28H37F2NO4/c1-19-12-13-21(16-27(19)30)15-22-7-6-14-31(22)17-23(32)18-35-20(2)24-9-5-10-26(29)25(24)8-3-4-11-28(33)34/h5,9-10,12-13,16,20,22-23,32H,3-4,6-8,11,14-15,17-18H2,1-2H3,(H,33,34)/t20?,22-,23+/m0/s1. The molecule has 2 N–H and O–H groups in total. The molecular formula is C28H37F2NO4. The Hall–Kier alpha value is -2.35. The molecule has 1 unspecified atom stereocenters. The minimum Gasteiger partial charge on any atom is -0.481 e. The van der Waals surface area contributed by atoms with E-state index in [-0.39, 0.29) is 30.7 Å². The molecule has 0 aliphatic carbocycles. The Balaban J connectivity index is 1.51. The number of aliphatic hydroxyl groups excluding tert-OH is 1. The third-order valence-corrected chi connectivity index (χ3v) is 6.85. The van der Waals surface area contributed by atoms with Gasteiger partial charge in [-0.05, 0) is 93.3 Å². The van der Waals surface area contributed by atoms with E-state index in [1.807, 2.05) is 19.1 Å². The van der Waals surface area contributed by atoms with Gasteiger partial charge in [-0.2, -0.15) is 0 Å². The van der Waals surface area contributed by atoms with Crippen LogP contribution in [-0.4, -0.2) is 52.9 Å². The van der Waals surface area contributed by atoms with Crippen molar-refractivity contribution >= 4 is 5.97 Å². The number of carbonyl (C=O) groups is 1. The van der Waals surface area contributed by atoms with Gasteiger partial charge in [-0.1, -0.05) is 24.3 Å². The molecule has 0 saturated carbocycles. The summed E-state index contributed by atoms with van der Waals surface area (Å²) in [4.78, 5) is 13.0. The van der Waals surface area contributed by atoms with Gasteiger partial charge in [0.05, 0.1) is 18.8 Å². The number of aliphatic hydroxyl groups is 1. The highest BCUT2D eigenvalue weighted by Crippen LogP contribution is 2.26. The molecule has 0 amide bonds. The van der Waals surface area contributed by atoms with E-state index in [2.05, 4.69) is 4.90 Å². The average Bonchev–Trinajstić information content (AvgIpc) is 3.24. The summed E-state index contributed by atoms with van der Waals surface area (Å²) in [6.07, 6.45) is 3.28. The van der Waals surface area contributed by atoms with E-state index in [1.165, 1.54) is 6.07 Å². The van der Waals surface area contributed by atoms with E-state index in [1.54, 1.807) is 25.1 Å². The molecule has 5 nitrogen and oxygen atoms in total. The van der Waals surface area contributed by atoms with Crippen LogP contribution in [0, 0.1) is 18.6 Å². The number of benzene rings is 2. The van der Waals surface area contributed by atoms with Gasteiger partial charge in [0.1, 0.15) is 11.6 Å². The SMILES string of the molecule is Cc1ccc(C[C@@H]2CCCN2C[C@@H](O)COC(C)c2cccc(F)c2CCCCC(=O)O)cc1F. The number of unbranched alkanes of at least 4 members (excludes halogenated alkanes) is 1. The van der Waals surface area contributed by atoms with Crippen molar-refractivity contribution in [3.05, 3.63) is 70.3 Å². The summed E-state index contributed by atoms with van der Waals surface area (Å²) < 4.78 is 34.4. The Morgan fingerprint density at radius 2 is 2.00 bits per heavy atom. The van der Waals surface area contributed by atoms with Crippen molar-refractivity contribution in [3.8, 4) is 0 Å². The van der Waals surface area contributed by atoms with Gasteiger partial charge in [0.15, 0.2) is 0 Å². The van der Waals surface area contributed by atoms with Crippen molar-refractivity contribution < 1.29 is 28.5 Å². The van der Waals surface area contributed by atoms with Crippen LogP contribution in [0.1, 0.15) is 67.4 Å². The number of aryl methyl sites for hydroxylation is 1. The van der Waals surface area contributed by atoms with Crippen molar-refractivity contribution in [1.82, 2.24) is 4.90 Å². The number of hydrogen-bond donors (Lipinski definition) is 2. The Labute approximate surface area is 206 Å². The van der Waals surface area contributed by atoms with Crippen LogP contribution in [0.15, 0.2) is 36.4 Å². The number of aliphatic carboxylic acids is 1. The van der Waals surface area contributed by atoms with Crippen molar-refractivity contribution in [2.24, 2.45) is 0 Å². The monoisotopic (exact) mass is 489 g/mol. The van der Waals surface area contributed by atoms with E-state index in [9.17, 15) is 18.7 Å². The molecule has 1 heterocycles. The van der Waals surface area contributed by atoms with E-state index in [0.29, 0.717) is 36.9 Å². The third kappa shape index (κ3) is 8.09. The van der Waals surface area contributed by atoms with Crippen LogP contribution in [0.3, 0.4) is 0 Å². The molecule has 0 spiro atoms. The number of carboxylic acid groups (broad SMARTS) is 1. The zero-order chi connectivity index (χ0) is 25.4. The van der Waals surface area contributed by atoms with Crippen LogP contribution in [0.25, 0.3) is 0 Å². The summed E-state index contributed by atoms with van der Waals surface area (Å²) in [6, 6.07) is 10.5. The van der Waals surface area contributed by atoms with Gasteiger partial charge < -0.3 is 14.9 Å². The number of nitrogens with zero attached hydrogens (tertiary/aromatic N) is 1. The molecule has 1 aliphatic heterocycles. The van der Waals surface area contributed by atoms with E-state index >= 15 is 0 Å². The van der Waals surface area contributed by atoms with Crippen LogP contribution in [0.4, 0.5) is 8.78 Å². The molecule has 2 aromatic carbocycles. The largest absolute Gasteiger partial charge is 0.481 e. The Kier molecular flexibility index (Phi) is 10.2. The molecule has 3 rings (SSSR count). The topological polar surface area (TPSA) is 70.0 Å². The second-order valence-corrected chi connectivity index (χ2v) is 9.62. The first-order valence-corrected chi connectivity index (χ1v) is 12.5. The fourth-order valence-electron chi connectivity index (χ4n) is 4.87. The van der Waals surface area contributed by atoms with Crippen LogP contribution in [0.5, 0.6) is 0 Å². The molecule has 0 bridgehead atoms. The quantitative estimate of drug-likeness (QED) is 0.378. The normalized spacial score (nSPS) is 18.0. The maximum absolute atomic E-state index is 14.5. The van der Waals surface area contributed by atoms with Gasteiger partial charge in [-0.3, -0.25) is 9.69 Å². The summed E-state index contributed by atoms with van der Waals surface area (Å²) in [6.45, 7) is 5.07. The Bertz CT molecular complexity index is 983. The van der Waals surface area contributed by atoms with E-state index in [4.69, 9.17) is 9.84 Å². The van der Waals surface area contributed by atoms with Crippen LogP contribution in [-0.2, 0) is 22.4 Å². The lowest BCUT2D eigenvalue weighted by molar-refractivity contribution is -0.137. The first-order valence-electron chi connectivity index (χ1n) is 12.5. The zero-order valence-electron chi connectivity index (χ0n) is 20.7. The van der Waals surface area contributed by atoms with Gasteiger partial charge in [0, 0.05) is 19.0 Å². The number of β-amino-alcohol motifs (C(OH)–C–C–N with tert-alkyl or cyclic N) is 1. The Morgan fingerprint density at radius 3 is 2.74 bits per heavy atom. The first kappa shape index (κ1) is 27.2. The number of likely N-dealkylation sites (tertiary alicyclic amines) is 1. The first-order chi connectivity index (χ1) is 16.7. The van der Waals surface area contributed by atoms with Crippen molar-refractivity contribution in [3.63, 3.8) is 0 Å². The van der Waals surface area contributed by atoms with Crippen molar-refractivity contribution in [2.75, 3.05) is 19.7 Å². The van der Waals surface area contributed by atoms with Gasteiger partial charge in [0.2, 0.25) is 0 Å². The average molecular weight is 490 g/mol. The highest BCUT2D eigenvalue weighted by Gasteiger charge is 2.27. The second-order valence-electron chi connectivity index (χ2n) is 9.62. The van der Waals surface area contributed by atoms with Crippen LogP contribution >= 0.6 is 0 Å². The molecule has 3 atom stereocenters. The molecule has 0 radical (unpaired) electrons. The minimum absolute atomic E-state index is 0.0678. The second kappa shape index (κ2) is 13.1. The maximum atomic E-state index is 14.5. The third-order valence-electron chi connectivity index (χ3n) is 6.85. The smallest absolute Gasteiger partial charge is 0.303 e. The van der Waals surface area contributed by atoms with Crippen LogP contribution < -0.4 is 0 Å². The molecule has 1 fully saturated rings. The van der Waals surface area contributed by atoms with E-state index < -0.39 is 18.2 Å². The summed E-state index contributed by atoms with van der Waals surface area (Å²) >= 11 is 0. The van der Waals surface area contributed by atoms with Gasteiger partial charge in [0.25, 0.3) is 0 Å². The predicted molar refractivity (Wildman–Crippen MR) is 131 cm³/mol. The molecular weight excluding hydrogens is 452 g/mol. The molecule has 0 aromatic heterocycles. The highest BCUT2D eigenvalue weighted by molar-refractivity contribution is 5.66. The zero-order valence-corrected chi connectivity index (χ0v) is 20.7. The predicted octanol–water partition coefficient (Wildman–Crippen LogP) is 5.22. The summed E-state index contributed by atoms with van der Waals surface area (Å²) in [5, 5.41) is 19.5. The van der Waals surface area contributed by atoms with Crippen LogP contribution in [0.2, 0.25) is 0 Å². The fourth-order valence-corrected chi connectivity index (χ4v) is 4.87. The number of hydrogen-bond acceptors (Lipinski definition) is 4. The lowest BCUT2D eigenvalue weighted by Gasteiger charge is -2.28. The van der Waals surface area contributed by atoms with Gasteiger partial charge in [-0.15, -0.1) is 0 Å². The molecule has 1 aliphatic rings. The lowest BCUT2D eigenvalue weighted by atomic mass is 9.97. The molecule has 2 aromatic rings. The van der Waals surface area contributed by atoms with Crippen molar-refractivity contribution in [1.29, 1.82) is 0 Å².